The number of piperazine rings is 1. The third-order valence-electron chi connectivity index (χ3n) is 4.37. The third-order valence-corrected chi connectivity index (χ3v) is 4.58. The lowest BCUT2D eigenvalue weighted by molar-refractivity contribution is -0.389. The highest BCUT2D eigenvalue weighted by Gasteiger charge is 2.22. The maximum absolute atomic E-state index is 12.4. The number of aromatic nitrogens is 3. The van der Waals surface area contributed by atoms with Gasteiger partial charge in [-0.15, -0.1) is 0 Å². The smallest absolute Gasteiger partial charge is 0.358 e. The molecule has 1 amide bonds. The zero-order chi connectivity index (χ0) is 18.7. The fourth-order valence-electron chi connectivity index (χ4n) is 2.94. The first-order valence-corrected chi connectivity index (χ1v) is 8.65. The van der Waals surface area contributed by atoms with E-state index in [0.29, 0.717) is 43.7 Å². The van der Waals surface area contributed by atoms with Gasteiger partial charge in [0.2, 0.25) is 11.7 Å². The van der Waals surface area contributed by atoms with Crippen LogP contribution in [0, 0.1) is 17.0 Å². The van der Waals surface area contributed by atoms with Gasteiger partial charge in [0.05, 0.1) is 0 Å². The maximum atomic E-state index is 12.4. The number of amides is 1. The second-order valence-electron chi connectivity index (χ2n) is 6.03. The molecule has 0 bridgehead atoms. The minimum absolute atomic E-state index is 0.0273. The van der Waals surface area contributed by atoms with E-state index in [0.717, 1.165) is 5.82 Å². The summed E-state index contributed by atoms with van der Waals surface area (Å²) in [7, 11) is 0. The van der Waals surface area contributed by atoms with Crippen LogP contribution in [0.3, 0.4) is 0 Å². The Labute approximate surface area is 155 Å². The summed E-state index contributed by atoms with van der Waals surface area (Å²) in [5.74, 6) is 1.17. The van der Waals surface area contributed by atoms with Crippen LogP contribution in [-0.4, -0.2) is 56.4 Å². The standard InChI is InChI=1S/C16H19ClN6O3/c1-12-18-15(23(25)26)11-22(12)6-5-16(24)21-9-7-20(8-10-21)14-4-2-3-13(17)19-14/h2-4,11H,5-10H2,1H3. The van der Waals surface area contributed by atoms with E-state index in [1.807, 2.05) is 17.0 Å². The Hall–Kier alpha value is -2.68. The van der Waals surface area contributed by atoms with E-state index in [1.165, 1.54) is 6.20 Å². The molecule has 2 aromatic heterocycles. The van der Waals surface area contributed by atoms with Crippen molar-refractivity contribution in [2.75, 3.05) is 31.1 Å². The first kappa shape index (κ1) is 18.1. The highest BCUT2D eigenvalue weighted by Crippen LogP contribution is 2.17. The van der Waals surface area contributed by atoms with Crippen LogP contribution in [0.25, 0.3) is 0 Å². The molecular formula is C16H19ClN6O3. The number of hydrogen-bond donors (Lipinski definition) is 0. The third kappa shape index (κ3) is 4.10. The number of rotatable bonds is 5. The molecule has 0 unspecified atom stereocenters. The Bertz CT molecular complexity index is 816. The summed E-state index contributed by atoms with van der Waals surface area (Å²) >= 11 is 5.92. The van der Waals surface area contributed by atoms with Gasteiger partial charge in [-0.2, -0.15) is 0 Å². The fourth-order valence-corrected chi connectivity index (χ4v) is 3.10. The molecule has 0 aromatic carbocycles. The zero-order valence-corrected chi connectivity index (χ0v) is 15.1. The number of nitrogens with zero attached hydrogens (tertiary/aromatic N) is 6. The molecule has 0 aliphatic carbocycles. The average Bonchev–Trinajstić information content (AvgIpc) is 3.01. The summed E-state index contributed by atoms with van der Waals surface area (Å²) in [5, 5.41) is 11.2. The van der Waals surface area contributed by atoms with E-state index in [2.05, 4.69) is 14.9 Å². The molecule has 138 valence electrons. The molecule has 1 aliphatic rings. The van der Waals surface area contributed by atoms with Gasteiger partial charge in [-0.05, 0) is 22.0 Å². The second kappa shape index (κ2) is 7.69. The Balaban J connectivity index is 1.52. The first-order chi connectivity index (χ1) is 12.4. The highest BCUT2D eigenvalue weighted by molar-refractivity contribution is 6.29. The van der Waals surface area contributed by atoms with Crippen molar-refractivity contribution in [2.45, 2.75) is 19.9 Å². The molecule has 10 heteroatoms. The molecule has 1 saturated heterocycles. The Morgan fingerprint density at radius 1 is 1.27 bits per heavy atom. The zero-order valence-electron chi connectivity index (χ0n) is 14.3. The van der Waals surface area contributed by atoms with E-state index in [1.54, 1.807) is 17.6 Å². The first-order valence-electron chi connectivity index (χ1n) is 8.27. The van der Waals surface area contributed by atoms with Crippen LogP contribution < -0.4 is 4.90 Å². The number of carbonyl (C=O) groups is 1. The summed E-state index contributed by atoms with van der Waals surface area (Å²) in [6.07, 6.45) is 1.65. The number of imidazole rings is 1. The topological polar surface area (TPSA) is 97.4 Å². The van der Waals surface area contributed by atoms with Crippen LogP contribution in [0.5, 0.6) is 0 Å². The van der Waals surface area contributed by atoms with E-state index in [4.69, 9.17) is 11.6 Å². The van der Waals surface area contributed by atoms with Gasteiger partial charge in [-0.3, -0.25) is 4.79 Å². The summed E-state index contributed by atoms with van der Waals surface area (Å²) in [6, 6.07) is 5.49. The molecule has 0 N–H and O–H groups in total. The van der Waals surface area contributed by atoms with Crippen LogP contribution >= 0.6 is 11.6 Å². The predicted molar refractivity (Wildman–Crippen MR) is 96.3 cm³/mol. The number of carbonyl (C=O) groups excluding carboxylic acids is 1. The maximum Gasteiger partial charge on any atom is 0.381 e. The van der Waals surface area contributed by atoms with Gasteiger partial charge >= 0.3 is 5.82 Å². The Morgan fingerprint density at radius 2 is 2.00 bits per heavy atom. The van der Waals surface area contributed by atoms with E-state index in [9.17, 15) is 14.9 Å². The molecule has 0 saturated carbocycles. The van der Waals surface area contributed by atoms with Gasteiger partial charge < -0.3 is 24.5 Å². The summed E-state index contributed by atoms with van der Waals surface area (Å²) in [6.45, 7) is 4.66. The molecule has 0 spiro atoms. The van der Waals surface area contributed by atoms with Crippen LogP contribution in [0.15, 0.2) is 24.4 Å². The molecule has 0 radical (unpaired) electrons. The molecular weight excluding hydrogens is 360 g/mol. The van der Waals surface area contributed by atoms with Gasteiger partial charge in [0.1, 0.15) is 17.2 Å². The van der Waals surface area contributed by atoms with Crippen molar-refractivity contribution < 1.29 is 9.72 Å². The van der Waals surface area contributed by atoms with Crippen molar-refractivity contribution in [3.05, 3.63) is 45.5 Å². The Kier molecular flexibility index (Phi) is 5.36. The normalized spacial score (nSPS) is 14.5. The van der Waals surface area contributed by atoms with Crippen LogP contribution in [0.4, 0.5) is 11.6 Å². The van der Waals surface area contributed by atoms with Gasteiger partial charge in [0.15, 0.2) is 0 Å². The molecule has 3 rings (SSSR count). The van der Waals surface area contributed by atoms with Crippen molar-refractivity contribution in [1.29, 1.82) is 0 Å². The van der Waals surface area contributed by atoms with Crippen LogP contribution in [-0.2, 0) is 11.3 Å². The van der Waals surface area contributed by atoms with Gasteiger partial charge in [-0.1, -0.05) is 17.7 Å². The van der Waals surface area contributed by atoms with Gasteiger partial charge in [0, 0.05) is 46.1 Å². The number of pyridine rings is 1. The quantitative estimate of drug-likeness (QED) is 0.447. The summed E-state index contributed by atoms with van der Waals surface area (Å²) < 4.78 is 1.64. The largest absolute Gasteiger partial charge is 0.381 e. The lowest BCUT2D eigenvalue weighted by Gasteiger charge is -2.35. The lowest BCUT2D eigenvalue weighted by atomic mass is 10.2. The van der Waals surface area contributed by atoms with E-state index in [-0.39, 0.29) is 18.1 Å². The number of aryl methyl sites for hydroxylation is 2. The molecule has 3 heterocycles. The van der Waals surface area contributed by atoms with Gasteiger partial charge in [-0.25, -0.2) is 4.98 Å². The predicted octanol–water partition coefficient (Wildman–Crippen LogP) is 1.89. The molecule has 1 aliphatic heterocycles. The number of halogens is 1. The molecule has 9 nitrogen and oxygen atoms in total. The monoisotopic (exact) mass is 378 g/mol. The van der Waals surface area contributed by atoms with Crippen molar-refractivity contribution >= 4 is 29.1 Å². The van der Waals surface area contributed by atoms with Crippen LogP contribution in [0.1, 0.15) is 12.2 Å². The summed E-state index contributed by atoms with van der Waals surface area (Å²) in [4.78, 5) is 34.7. The molecule has 1 fully saturated rings. The van der Waals surface area contributed by atoms with Gasteiger partial charge in [0.25, 0.3) is 0 Å². The second-order valence-corrected chi connectivity index (χ2v) is 6.42. The number of hydrogen-bond acceptors (Lipinski definition) is 6. The Morgan fingerprint density at radius 3 is 2.62 bits per heavy atom. The molecule has 2 aromatic rings. The SMILES string of the molecule is Cc1nc([N+](=O)[O-])cn1CCC(=O)N1CCN(c2cccc(Cl)n2)CC1. The number of anilines is 1. The minimum Gasteiger partial charge on any atom is -0.358 e. The number of nitro groups is 1. The average molecular weight is 379 g/mol. The van der Waals surface area contributed by atoms with Crippen molar-refractivity contribution in [3.63, 3.8) is 0 Å². The van der Waals surface area contributed by atoms with Crippen molar-refractivity contribution in [2.24, 2.45) is 0 Å². The lowest BCUT2D eigenvalue weighted by Crippen LogP contribution is -2.49. The van der Waals surface area contributed by atoms with Crippen LogP contribution in [0.2, 0.25) is 5.15 Å². The van der Waals surface area contributed by atoms with Crippen molar-refractivity contribution in [1.82, 2.24) is 19.4 Å². The van der Waals surface area contributed by atoms with E-state index < -0.39 is 4.92 Å². The molecule has 26 heavy (non-hydrogen) atoms. The summed E-state index contributed by atoms with van der Waals surface area (Å²) in [5.41, 5.74) is 0. The van der Waals surface area contributed by atoms with Crippen molar-refractivity contribution in [3.8, 4) is 0 Å². The highest BCUT2D eigenvalue weighted by atomic mass is 35.5. The minimum atomic E-state index is -0.533. The fraction of sp³-hybridized carbons (Fsp3) is 0.438. The van der Waals surface area contributed by atoms with E-state index >= 15 is 0 Å². The molecule has 0 atom stereocenters.